The van der Waals surface area contributed by atoms with E-state index in [0.29, 0.717) is 30.2 Å². The molecule has 0 aromatic heterocycles. The number of ether oxygens (including phenoxy) is 3. The quantitative estimate of drug-likeness (QED) is 0.781. The molecular weight excluding hydrogens is 260 g/mol. The van der Waals surface area contributed by atoms with Crippen molar-refractivity contribution in [1.82, 2.24) is 5.32 Å². The lowest BCUT2D eigenvalue weighted by atomic mass is 10.1. The zero-order chi connectivity index (χ0) is 15.1. The largest absolute Gasteiger partial charge is 0.496 e. The molecule has 0 aliphatic carbocycles. The van der Waals surface area contributed by atoms with Gasteiger partial charge in [-0.05, 0) is 12.5 Å². The Hall–Kier alpha value is -1.95. The summed E-state index contributed by atoms with van der Waals surface area (Å²) in [5.41, 5.74) is 6.46. The number of rotatable bonds is 7. The van der Waals surface area contributed by atoms with Crippen LogP contribution < -0.4 is 25.3 Å². The molecule has 0 saturated carbocycles. The third-order valence-corrected chi connectivity index (χ3v) is 3.02. The van der Waals surface area contributed by atoms with E-state index in [9.17, 15) is 4.79 Å². The Morgan fingerprint density at radius 1 is 1.15 bits per heavy atom. The van der Waals surface area contributed by atoms with E-state index < -0.39 is 6.04 Å². The number of hydrogen-bond donors (Lipinski definition) is 2. The first-order valence-electron chi connectivity index (χ1n) is 6.39. The van der Waals surface area contributed by atoms with Gasteiger partial charge in [0.1, 0.15) is 5.75 Å². The molecule has 6 nitrogen and oxygen atoms in total. The first-order chi connectivity index (χ1) is 9.57. The van der Waals surface area contributed by atoms with Crippen LogP contribution in [-0.2, 0) is 11.3 Å². The molecule has 1 rings (SSSR count). The predicted molar refractivity (Wildman–Crippen MR) is 76.2 cm³/mol. The lowest BCUT2D eigenvalue weighted by Crippen LogP contribution is -2.39. The van der Waals surface area contributed by atoms with Gasteiger partial charge in [0, 0.05) is 18.2 Å². The maximum absolute atomic E-state index is 11.7. The summed E-state index contributed by atoms with van der Waals surface area (Å²) in [4.78, 5) is 11.7. The van der Waals surface area contributed by atoms with Crippen molar-refractivity contribution in [3.8, 4) is 17.2 Å². The number of carbonyl (C=O) groups excluding carboxylic acids is 1. The maximum atomic E-state index is 11.7. The smallest absolute Gasteiger partial charge is 0.237 e. The van der Waals surface area contributed by atoms with Gasteiger partial charge in [0.2, 0.25) is 5.91 Å². The Kier molecular flexibility index (Phi) is 6.11. The van der Waals surface area contributed by atoms with Crippen LogP contribution in [0.1, 0.15) is 18.9 Å². The highest BCUT2D eigenvalue weighted by atomic mass is 16.5. The monoisotopic (exact) mass is 282 g/mol. The van der Waals surface area contributed by atoms with Gasteiger partial charge >= 0.3 is 0 Å². The summed E-state index contributed by atoms with van der Waals surface area (Å²) in [5, 5.41) is 2.77. The van der Waals surface area contributed by atoms with E-state index in [-0.39, 0.29) is 5.91 Å². The fraction of sp³-hybridized carbons (Fsp3) is 0.500. The van der Waals surface area contributed by atoms with Crippen molar-refractivity contribution in [2.45, 2.75) is 25.9 Å². The minimum absolute atomic E-state index is 0.190. The average molecular weight is 282 g/mol. The number of amides is 1. The van der Waals surface area contributed by atoms with E-state index in [2.05, 4.69) is 5.32 Å². The van der Waals surface area contributed by atoms with Crippen molar-refractivity contribution in [2.75, 3.05) is 21.3 Å². The molecule has 3 N–H and O–H groups in total. The molecule has 1 aromatic carbocycles. The third-order valence-electron chi connectivity index (χ3n) is 3.02. The van der Waals surface area contributed by atoms with Crippen molar-refractivity contribution >= 4 is 5.91 Å². The van der Waals surface area contributed by atoms with Gasteiger partial charge in [0.15, 0.2) is 11.5 Å². The Morgan fingerprint density at radius 3 is 2.20 bits per heavy atom. The number of methoxy groups -OCH3 is 3. The first-order valence-corrected chi connectivity index (χ1v) is 6.39. The molecule has 1 aromatic rings. The number of hydrogen-bond acceptors (Lipinski definition) is 5. The number of benzene rings is 1. The van der Waals surface area contributed by atoms with Crippen LogP contribution in [0.2, 0.25) is 0 Å². The van der Waals surface area contributed by atoms with E-state index >= 15 is 0 Å². The van der Waals surface area contributed by atoms with Crippen molar-refractivity contribution in [3.63, 3.8) is 0 Å². The van der Waals surface area contributed by atoms with Crippen molar-refractivity contribution in [2.24, 2.45) is 5.73 Å². The molecule has 0 aliphatic rings. The molecule has 0 fully saturated rings. The summed E-state index contributed by atoms with van der Waals surface area (Å²) in [6, 6.07) is 3.00. The second-order valence-electron chi connectivity index (χ2n) is 4.25. The molecule has 1 atom stereocenters. The van der Waals surface area contributed by atoms with Crippen LogP contribution in [0, 0.1) is 0 Å². The van der Waals surface area contributed by atoms with Gasteiger partial charge in [-0.25, -0.2) is 0 Å². The highest BCUT2D eigenvalue weighted by molar-refractivity contribution is 5.81. The number of nitrogens with two attached hydrogens (primary N) is 1. The van der Waals surface area contributed by atoms with Gasteiger partial charge in [-0.3, -0.25) is 4.79 Å². The lowest BCUT2D eigenvalue weighted by Gasteiger charge is -2.15. The zero-order valence-corrected chi connectivity index (χ0v) is 12.4. The van der Waals surface area contributed by atoms with Crippen LogP contribution in [0.5, 0.6) is 17.2 Å². The molecule has 0 aliphatic heterocycles. The van der Waals surface area contributed by atoms with E-state index in [1.807, 2.05) is 6.92 Å². The zero-order valence-electron chi connectivity index (χ0n) is 12.4. The average Bonchev–Trinajstić information content (AvgIpc) is 2.50. The van der Waals surface area contributed by atoms with E-state index in [1.165, 1.54) is 0 Å². The molecule has 20 heavy (non-hydrogen) atoms. The highest BCUT2D eigenvalue weighted by Crippen LogP contribution is 2.34. The number of nitrogens with one attached hydrogen (secondary N) is 1. The van der Waals surface area contributed by atoms with E-state index in [4.69, 9.17) is 19.9 Å². The molecule has 0 bridgehead atoms. The molecule has 0 unspecified atom stereocenters. The summed E-state index contributed by atoms with van der Waals surface area (Å²) in [7, 11) is 4.67. The molecule has 6 heteroatoms. The van der Waals surface area contributed by atoms with Crippen molar-refractivity contribution < 1.29 is 19.0 Å². The van der Waals surface area contributed by atoms with Crippen molar-refractivity contribution in [1.29, 1.82) is 0 Å². The van der Waals surface area contributed by atoms with Gasteiger partial charge in [0.05, 0.1) is 27.4 Å². The van der Waals surface area contributed by atoms with E-state index in [1.54, 1.807) is 33.5 Å². The molecule has 0 heterocycles. The van der Waals surface area contributed by atoms with Crippen LogP contribution >= 0.6 is 0 Å². The minimum Gasteiger partial charge on any atom is -0.496 e. The maximum Gasteiger partial charge on any atom is 0.237 e. The predicted octanol–water partition coefficient (Wildman–Crippen LogP) is 1.07. The minimum atomic E-state index is -0.499. The van der Waals surface area contributed by atoms with Crippen LogP contribution in [0.25, 0.3) is 0 Å². The fourth-order valence-corrected chi connectivity index (χ4v) is 1.73. The Morgan fingerprint density at radius 2 is 1.70 bits per heavy atom. The lowest BCUT2D eigenvalue weighted by molar-refractivity contribution is -0.122. The van der Waals surface area contributed by atoms with Crippen LogP contribution in [-0.4, -0.2) is 33.3 Å². The number of carbonyl (C=O) groups is 1. The summed E-state index contributed by atoms with van der Waals surface area (Å²) >= 11 is 0. The Balaban J connectivity index is 2.91. The SMILES string of the molecule is CC[C@@H](N)C(=O)NCc1cc(OC)c(OC)cc1OC. The normalized spacial score (nSPS) is 11.7. The second kappa shape index (κ2) is 7.59. The van der Waals surface area contributed by atoms with Gasteiger partial charge in [-0.15, -0.1) is 0 Å². The first kappa shape index (κ1) is 16.1. The molecule has 0 saturated heterocycles. The molecular formula is C14H22N2O4. The third kappa shape index (κ3) is 3.77. The Labute approximate surface area is 119 Å². The van der Waals surface area contributed by atoms with Gasteiger partial charge < -0.3 is 25.3 Å². The summed E-state index contributed by atoms with van der Waals surface area (Å²) in [6.07, 6.45) is 0.592. The molecule has 0 radical (unpaired) electrons. The molecule has 1 amide bonds. The van der Waals surface area contributed by atoms with E-state index in [0.717, 1.165) is 5.56 Å². The summed E-state index contributed by atoms with van der Waals surface area (Å²) in [6.45, 7) is 2.18. The second-order valence-corrected chi connectivity index (χ2v) is 4.25. The van der Waals surface area contributed by atoms with Gasteiger partial charge in [-0.1, -0.05) is 6.92 Å². The van der Waals surface area contributed by atoms with Crippen LogP contribution in [0.3, 0.4) is 0 Å². The standard InChI is InChI=1S/C14H22N2O4/c1-5-10(15)14(17)16-8-9-6-12(19-3)13(20-4)7-11(9)18-2/h6-7,10H,5,8,15H2,1-4H3,(H,16,17)/t10-/m1/s1. The summed E-state index contributed by atoms with van der Waals surface area (Å²) in [5.74, 6) is 1.58. The van der Waals surface area contributed by atoms with Gasteiger partial charge in [-0.2, -0.15) is 0 Å². The van der Waals surface area contributed by atoms with Crippen molar-refractivity contribution in [3.05, 3.63) is 17.7 Å². The van der Waals surface area contributed by atoms with Gasteiger partial charge in [0.25, 0.3) is 0 Å². The fourth-order valence-electron chi connectivity index (χ4n) is 1.73. The Bertz CT molecular complexity index is 463. The highest BCUT2D eigenvalue weighted by Gasteiger charge is 2.14. The summed E-state index contributed by atoms with van der Waals surface area (Å²) < 4.78 is 15.7. The van der Waals surface area contributed by atoms with Crippen LogP contribution in [0.15, 0.2) is 12.1 Å². The molecule has 0 spiro atoms. The van der Waals surface area contributed by atoms with Crippen LogP contribution in [0.4, 0.5) is 0 Å². The topological polar surface area (TPSA) is 82.8 Å². The molecule has 112 valence electrons.